The topological polar surface area (TPSA) is 307 Å². The van der Waals surface area contributed by atoms with E-state index in [1.54, 1.807) is 6.08 Å². The van der Waals surface area contributed by atoms with Gasteiger partial charge in [0.25, 0.3) is 0 Å². The van der Waals surface area contributed by atoms with Gasteiger partial charge in [0.15, 0.2) is 18.9 Å². The van der Waals surface area contributed by atoms with Crippen molar-refractivity contribution in [3.63, 3.8) is 0 Å². The summed E-state index contributed by atoms with van der Waals surface area (Å²) in [7, 11) is 0. The van der Waals surface area contributed by atoms with Gasteiger partial charge in [-0.2, -0.15) is 0 Å². The number of unbranched alkanes of at least 4 members (excludes halogenated alkanes) is 17. The molecule has 80 heavy (non-hydrogen) atoms. The van der Waals surface area contributed by atoms with Crippen LogP contribution in [0.1, 0.15) is 174 Å². The van der Waals surface area contributed by atoms with Crippen molar-refractivity contribution in [1.29, 1.82) is 0 Å². The molecule has 0 aromatic heterocycles. The molecule has 3 aliphatic rings. The maximum Gasteiger partial charge on any atom is 0.220 e. The monoisotopic (exact) mass is 1140 g/mol. The van der Waals surface area contributed by atoms with Gasteiger partial charge in [0.1, 0.15) is 73.2 Å². The summed E-state index contributed by atoms with van der Waals surface area (Å²) in [6.07, 6.45) is 25.0. The molecule has 462 valence electrons. The first-order valence-electron chi connectivity index (χ1n) is 30.2. The summed E-state index contributed by atoms with van der Waals surface area (Å²) in [6.45, 7) is 1.48. The minimum Gasteiger partial charge on any atom is -0.394 e. The van der Waals surface area contributed by atoms with E-state index >= 15 is 0 Å². The molecule has 3 aliphatic heterocycles. The molecule has 19 nitrogen and oxygen atoms in total. The predicted octanol–water partition coefficient (Wildman–Crippen LogP) is 5.43. The maximum absolute atomic E-state index is 13.3. The molecule has 0 aliphatic carbocycles. The second kappa shape index (κ2) is 43.8. The highest BCUT2D eigenvalue weighted by Crippen LogP contribution is 2.33. The molecule has 0 radical (unpaired) electrons. The van der Waals surface area contributed by atoms with Gasteiger partial charge in [0, 0.05) is 6.42 Å². The van der Waals surface area contributed by atoms with Crippen molar-refractivity contribution in [3.05, 3.63) is 72.9 Å². The van der Waals surface area contributed by atoms with Gasteiger partial charge in [-0.15, -0.1) is 0 Å². The standard InChI is InChI=1S/C61H105NO18/c1-3-5-7-9-11-13-14-15-16-17-18-19-20-21-22-23-24-25-26-27-28-29-30-31-33-35-37-39-49(67)62-44(45(66)38-36-34-32-12-10-8-6-4-2)43-75-59-55(73)52(70)57(47(41-64)77-59)80-61-56(74)53(71)58(48(42-65)78-61)79-60-54(72)51(69)50(68)46(40-63)76-60/h5,7,10-13,15-16,18-19,36,38,44-48,50-61,63-66,68-74H,3-4,6,8-9,14,17,20-35,37,39-43H2,1-2H3,(H,62,67)/b7-5-,12-10+,13-11-,16-15-,19-18-,38-36+. The van der Waals surface area contributed by atoms with E-state index in [2.05, 4.69) is 79.9 Å². The first-order valence-corrected chi connectivity index (χ1v) is 30.2. The zero-order valence-corrected chi connectivity index (χ0v) is 48.0. The van der Waals surface area contributed by atoms with Crippen molar-refractivity contribution in [3.8, 4) is 0 Å². The summed E-state index contributed by atoms with van der Waals surface area (Å²) in [5.41, 5.74) is 0. The number of aliphatic hydroxyl groups is 11. The number of amides is 1. The number of hydrogen-bond donors (Lipinski definition) is 12. The highest BCUT2D eigenvalue weighted by atomic mass is 16.8. The van der Waals surface area contributed by atoms with Crippen LogP contribution in [0.25, 0.3) is 0 Å². The van der Waals surface area contributed by atoms with Crippen LogP contribution in [-0.2, 0) is 33.2 Å². The Kier molecular flexibility index (Phi) is 39.2. The van der Waals surface area contributed by atoms with Crippen LogP contribution in [0.4, 0.5) is 0 Å². The second-order valence-corrected chi connectivity index (χ2v) is 21.4. The fraction of sp³-hybridized carbons (Fsp3) is 0.787. The Morgan fingerprint density at radius 3 is 1.40 bits per heavy atom. The van der Waals surface area contributed by atoms with Crippen LogP contribution < -0.4 is 5.32 Å². The molecule has 3 fully saturated rings. The fourth-order valence-electron chi connectivity index (χ4n) is 9.77. The Morgan fingerprint density at radius 2 is 0.875 bits per heavy atom. The van der Waals surface area contributed by atoms with Gasteiger partial charge in [-0.1, -0.05) is 177 Å². The molecular formula is C61H105NO18. The molecule has 0 bridgehead atoms. The molecule has 1 amide bonds. The van der Waals surface area contributed by atoms with Crippen molar-refractivity contribution in [1.82, 2.24) is 5.32 Å². The van der Waals surface area contributed by atoms with Crippen LogP contribution >= 0.6 is 0 Å². The van der Waals surface area contributed by atoms with Crippen molar-refractivity contribution in [2.45, 2.75) is 279 Å². The number of nitrogens with one attached hydrogen (secondary N) is 1. The van der Waals surface area contributed by atoms with Crippen molar-refractivity contribution < 1.29 is 89.4 Å². The highest BCUT2D eigenvalue weighted by molar-refractivity contribution is 5.76. The van der Waals surface area contributed by atoms with Crippen molar-refractivity contribution in [2.24, 2.45) is 0 Å². The summed E-state index contributed by atoms with van der Waals surface area (Å²) in [6, 6.07) is -0.990. The highest BCUT2D eigenvalue weighted by Gasteiger charge is 2.53. The average molecular weight is 1140 g/mol. The number of rotatable bonds is 43. The van der Waals surface area contributed by atoms with Crippen LogP contribution in [-0.4, -0.2) is 193 Å². The van der Waals surface area contributed by atoms with E-state index in [1.165, 1.54) is 64.2 Å². The summed E-state index contributed by atoms with van der Waals surface area (Å²) in [4.78, 5) is 13.3. The van der Waals surface area contributed by atoms with E-state index in [0.29, 0.717) is 12.8 Å². The molecule has 0 aromatic rings. The zero-order valence-electron chi connectivity index (χ0n) is 48.0. The molecule has 17 unspecified atom stereocenters. The maximum atomic E-state index is 13.3. The van der Waals surface area contributed by atoms with Gasteiger partial charge in [0.05, 0.1) is 38.6 Å². The third-order valence-electron chi connectivity index (χ3n) is 14.7. The Bertz CT molecular complexity index is 1740. The summed E-state index contributed by atoms with van der Waals surface area (Å²) in [5, 5.41) is 120. The summed E-state index contributed by atoms with van der Waals surface area (Å²) >= 11 is 0. The fourth-order valence-corrected chi connectivity index (χ4v) is 9.77. The van der Waals surface area contributed by atoms with Gasteiger partial charge < -0.3 is 89.9 Å². The molecule has 12 N–H and O–H groups in total. The Hall–Kier alpha value is -2.77. The average Bonchev–Trinajstić information content (AvgIpc) is 3.55. The number of ether oxygens (including phenoxy) is 6. The SMILES string of the molecule is CC/C=C\C/C=C\C/C=C\C/C=C\CCCCCCCCCCCCCCCCC(=O)NC(COC1OC(CO)C(OC2OC(CO)C(OC3OC(CO)C(O)C(O)C3O)C(O)C2O)C(O)C1O)C(O)/C=C/CC/C=C/CCCC. The minimum absolute atomic E-state index is 0.230. The number of carbonyl (C=O) groups excluding carboxylic acids is 1. The number of carbonyl (C=O) groups is 1. The zero-order chi connectivity index (χ0) is 58.3. The molecule has 3 rings (SSSR count). The first kappa shape index (κ1) is 71.5. The van der Waals surface area contributed by atoms with E-state index in [-0.39, 0.29) is 18.9 Å². The summed E-state index contributed by atoms with van der Waals surface area (Å²) < 4.78 is 34.1. The quantitative estimate of drug-likeness (QED) is 0.0268. The van der Waals surface area contributed by atoms with Crippen LogP contribution in [0, 0.1) is 0 Å². The molecule has 0 saturated carbocycles. The van der Waals surface area contributed by atoms with E-state index in [4.69, 9.17) is 28.4 Å². The molecule has 3 heterocycles. The predicted molar refractivity (Wildman–Crippen MR) is 305 cm³/mol. The third kappa shape index (κ3) is 27.3. The van der Waals surface area contributed by atoms with Crippen molar-refractivity contribution in [2.75, 3.05) is 26.4 Å². The van der Waals surface area contributed by atoms with Gasteiger partial charge >= 0.3 is 0 Å². The largest absolute Gasteiger partial charge is 0.394 e. The Balaban J connectivity index is 1.40. The smallest absolute Gasteiger partial charge is 0.220 e. The van der Waals surface area contributed by atoms with E-state index in [0.717, 1.165) is 77.0 Å². The van der Waals surface area contributed by atoms with Crippen LogP contribution in [0.15, 0.2) is 72.9 Å². The van der Waals surface area contributed by atoms with E-state index in [1.807, 2.05) is 6.08 Å². The minimum atomic E-state index is -1.98. The van der Waals surface area contributed by atoms with Crippen molar-refractivity contribution >= 4 is 5.91 Å². The van der Waals surface area contributed by atoms with Crippen LogP contribution in [0.3, 0.4) is 0 Å². The normalized spacial score (nSPS) is 30.5. The number of hydrogen-bond acceptors (Lipinski definition) is 18. The first-order chi connectivity index (χ1) is 38.8. The van der Waals surface area contributed by atoms with Gasteiger partial charge in [0.2, 0.25) is 5.91 Å². The molecular weight excluding hydrogens is 1030 g/mol. The van der Waals surface area contributed by atoms with E-state index in [9.17, 15) is 61.0 Å². The number of allylic oxidation sites excluding steroid dienone is 11. The van der Waals surface area contributed by atoms with Crippen LogP contribution in [0.2, 0.25) is 0 Å². The Labute approximate surface area is 477 Å². The van der Waals surface area contributed by atoms with Crippen LogP contribution in [0.5, 0.6) is 0 Å². The third-order valence-corrected chi connectivity index (χ3v) is 14.7. The molecule has 0 aromatic carbocycles. The molecule has 3 saturated heterocycles. The van der Waals surface area contributed by atoms with Gasteiger partial charge in [-0.25, -0.2) is 0 Å². The Morgan fingerprint density at radius 1 is 0.463 bits per heavy atom. The number of aliphatic hydroxyl groups excluding tert-OH is 11. The van der Waals surface area contributed by atoms with Gasteiger partial charge in [-0.3, -0.25) is 4.79 Å². The van der Waals surface area contributed by atoms with Gasteiger partial charge in [-0.05, 0) is 64.2 Å². The van der Waals surface area contributed by atoms with E-state index < -0.39 is 124 Å². The lowest BCUT2D eigenvalue weighted by Crippen LogP contribution is -2.66. The lowest BCUT2D eigenvalue weighted by molar-refractivity contribution is -0.379. The molecule has 17 atom stereocenters. The molecule has 19 heteroatoms. The lowest BCUT2D eigenvalue weighted by Gasteiger charge is -2.48. The summed E-state index contributed by atoms with van der Waals surface area (Å²) in [5.74, 6) is -0.294. The lowest BCUT2D eigenvalue weighted by atomic mass is 9.96. The second-order valence-electron chi connectivity index (χ2n) is 21.4. The molecule has 0 spiro atoms.